The molecule has 0 amide bonds. The third kappa shape index (κ3) is 4.96. The number of hydrogen-bond donors (Lipinski definition) is 0. The molecule has 0 saturated carbocycles. The van der Waals surface area contributed by atoms with Crippen LogP contribution in [0.25, 0.3) is 0 Å². The maximum absolute atomic E-state index is 14.2. The number of sulfonamides is 2. The number of nitrogens with zero attached hydrogens (tertiary/aromatic N) is 2. The van der Waals surface area contributed by atoms with Crippen LogP contribution in [0.3, 0.4) is 0 Å². The van der Waals surface area contributed by atoms with Gasteiger partial charge in [0, 0.05) is 27.2 Å². The van der Waals surface area contributed by atoms with Gasteiger partial charge in [0.05, 0.1) is 18.8 Å². The van der Waals surface area contributed by atoms with Crippen molar-refractivity contribution >= 4 is 26.0 Å². The van der Waals surface area contributed by atoms with E-state index < -0.39 is 43.3 Å². The number of furan rings is 1. The first-order chi connectivity index (χ1) is 14.5. The molecular weight excluding hydrogens is 455 g/mol. The molecule has 0 atom stereocenters. The second-order valence-electron chi connectivity index (χ2n) is 6.75. The van der Waals surface area contributed by atoms with Gasteiger partial charge < -0.3 is 13.9 Å². The van der Waals surface area contributed by atoms with E-state index in [1.807, 2.05) is 0 Å². The van der Waals surface area contributed by atoms with Crippen molar-refractivity contribution in [2.24, 2.45) is 0 Å². The van der Waals surface area contributed by atoms with Crippen LogP contribution in [-0.4, -0.2) is 71.8 Å². The molecule has 1 aromatic carbocycles. The summed E-state index contributed by atoms with van der Waals surface area (Å²) in [5.74, 6) is -1.85. The van der Waals surface area contributed by atoms with Gasteiger partial charge in [-0.15, -0.1) is 0 Å². The highest BCUT2D eigenvalue weighted by molar-refractivity contribution is 7.89. The summed E-state index contributed by atoms with van der Waals surface area (Å²) in [6.07, 6.45) is 0. The summed E-state index contributed by atoms with van der Waals surface area (Å²) in [6.45, 7) is 0.138. The minimum absolute atomic E-state index is 0.0667. The van der Waals surface area contributed by atoms with Crippen molar-refractivity contribution in [2.75, 3.05) is 40.4 Å². The third-order valence-corrected chi connectivity index (χ3v) is 8.08. The lowest BCUT2D eigenvalue weighted by molar-refractivity contribution is 0.0440. The van der Waals surface area contributed by atoms with E-state index in [0.29, 0.717) is 0 Å². The molecule has 0 radical (unpaired) electrons. The monoisotopic (exact) mass is 476 g/mol. The molecule has 0 bridgehead atoms. The number of carbonyl (C=O) groups excluding carboxylic acids is 1. The number of hydrogen-bond acceptors (Lipinski definition) is 8. The topological polar surface area (TPSA) is 123 Å². The highest BCUT2D eigenvalue weighted by atomic mass is 32.2. The van der Waals surface area contributed by atoms with Crippen molar-refractivity contribution in [3.63, 3.8) is 0 Å². The predicted octanol–water partition coefficient (Wildman–Crippen LogP) is 1.05. The van der Waals surface area contributed by atoms with Gasteiger partial charge >= 0.3 is 5.97 Å². The van der Waals surface area contributed by atoms with Crippen molar-refractivity contribution < 1.29 is 39.9 Å². The molecule has 1 aromatic heterocycles. The fourth-order valence-electron chi connectivity index (χ4n) is 2.73. The molecule has 0 unspecified atom stereocenters. The largest absolute Gasteiger partial charge is 0.454 e. The molecule has 3 rings (SSSR count). The number of morpholine rings is 1. The van der Waals surface area contributed by atoms with Crippen LogP contribution >= 0.6 is 0 Å². The lowest BCUT2D eigenvalue weighted by Gasteiger charge is -2.26. The van der Waals surface area contributed by atoms with Crippen LogP contribution in [0, 0.1) is 5.82 Å². The second kappa shape index (κ2) is 9.04. The quantitative estimate of drug-likeness (QED) is 0.543. The molecule has 1 fully saturated rings. The molecule has 2 aromatic rings. The Kier molecular flexibility index (Phi) is 6.81. The number of halogens is 1. The van der Waals surface area contributed by atoms with Crippen molar-refractivity contribution in [1.82, 2.24) is 8.61 Å². The molecule has 31 heavy (non-hydrogen) atoms. The molecule has 10 nitrogen and oxygen atoms in total. The smallest absolute Gasteiger partial charge is 0.338 e. The fourth-order valence-corrected chi connectivity index (χ4v) is 5.04. The van der Waals surface area contributed by atoms with Gasteiger partial charge in [-0.1, -0.05) is 0 Å². The summed E-state index contributed by atoms with van der Waals surface area (Å²) in [7, 11) is -5.25. The van der Waals surface area contributed by atoms with Crippen LogP contribution in [0.4, 0.5) is 4.39 Å². The number of ether oxygens (including phenoxy) is 2. The molecule has 1 aliphatic rings. The zero-order valence-electron chi connectivity index (χ0n) is 16.8. The summed E-state index contributed by atoms with van der Waals surface area (Å²) in [6, 6.07) is 5.44. The van der Waals surface area contributed by atoms with Crippen LogP contribution in [0.5, 0.6) is 0 Å². The van der Waals surface area contributed by atoms with E-state index in [9.17, 15) is 26.0 Å². The number of carbonyl (C=O) groups is 1. The summed E-state index contributed by atoms with van der Waals surface area (Å²) < 4.78 is 81.1. The first-order valence-electron chi connectivity index (χ1n) is 9.09. The Morgan fingerprint density at radius 2 is 1.81 bits per heavy atom. The summed E-state index contributed by atoms with van der Waals surface area (Å²) in [5, 5.41) is -0.316. The molecule has 0 N–H and O–H groups in total. The molecule has 1 saturated heterocycles. The van der Waals surface area contributed by atoms with Crippen LogP contribution in [-0.2, 0) is 36.1 Å². The van der Waals surface area contributed by atoms with Crippen molar-refractivity contribution in [3.8, 4) is 0 Å². The van der Waals surface area contributed by atoms with Crippen molar-refractivity contribution in [3.05, 3.63) is 47.5 Å². The molecule has 170 valence electrons. The maximum Gasteiger partial charge on any atom is 0.338 e. The standard InChI is InChI=1S/C18H21FN2O8S2/c1-20(2)31(25,26)17-6-4-14(29-17)12-28-18(22)13-3-5-15(19)16(11-13)30(23,24)21-7-9-27-10-8-21/h3-6,11H,7-10,12H2,1-2H3. The number of benzene rings is 1. The van der Waals surface area contributed by atoms with Gasteiger partial charge in [-0.3, -0.25) is 0 Å². The second-order valence-corrected chi connectivity index (χ2v) is 10.7. The zero-order valence-corrected chi connectivity index (χ0v) is 18.4. The lowest BCUT2D eigenvalue weighted by atomic mass is 10.2. The Labute approximate surface area is 179 Å². The highest BCUT2D eigenvalue weighted by Crippen LogP contribution is 2.23. The van der Waals surface area contributed by atoms with Gasteiger partial charge in [0.1, 0.15) is 23.1 Å². The highest BCUT2D eigenvalue weighted by Gasteiger charge is 2.30. The van der Waals surface area contributed by atoms with E-state index in [-0.39, 0.29) is 42.7 Å². The van der Waals surface area contributed by atoms with Gasteiger partial charge in [-0.25, -0.2) is 30.3 Å². The summed E-state index contributed by atoms with van der Waals surface area (Å²) in [4.78, 5) is 11.7. The van der Waals surface area contributed by atoms with Gasteiger partial charge in [0.25, 0.3) is 10.0 Å². The van der Waals surface area contributed by atoms with Gasteiger partial charge in [-0.2, -0.15) is 4.31 Å². The van der Waals surface area contributed by atoms with E-state index in [1.165, 1.54) is 26.2 Å². The molecule has 13 heteroatoms. The van der Waals surface area contributed by atoms with E-state index in [2.05, 4.69) is 0 Å². The molecule has 2 heterocycles. The predicted molar refractivity (Wildman–Crippen MR) is 105 cm³/mol. The Bertz CT molecular complexity index is 1170. The van der Waals surface area contributed by atoms with E-state index in [1.54, 1.807) is 0 Å². The van der Waals surface area contributed by atoms with Crippen LogP contribution in [0.2, 0.25) is 0 Å². The molecule has 1 aliphatic heterocycles. The van der Waals surface area contributed by atoms with E-state index in [0.717, 1.165) is 26.8 Å². The normalized spacial score (nSPS) is 15.9. The lowest BCUT2D eigenvalue weighted by Crippen LogP contribution is -2.41. The minimum atomic E-state index is -4.16. The van der Waals surface area contributed by atoms with Crippen molar-refractivity contribution in [1.29, 1.82) is 0 Å². The molecule has 0 spiro atoms. The SMILES string of the molecule is CN(C)S(=O)(=O)c1ccc(COC(=O)c2ccc(F)c(S(=O)(=O)N3CCOCC3)c2)o1. The summed E-state index contributed by atoms with van der Waals surface area (Å²) >= 11 is 0. The average Bonchev–Trinajstić information content (AvgIpc) is 3.22. The maximum atomic E-state index is 14.2. The van der Waals surface area contributed by atoms with Crippen LogP contribution in [0.1, 0.15) is 16.1 Å². The zero-order chi connectivity index (χ0) is 22.8. The van der Waals surface area contributed by atoms with E-state index >= 15 is 0 Å². The number of rotatable bonds is 7. The van der Waals surface area contributed by atoms with Crippen LogP contribution in [0.15, 0.2) is 44.7 Å². The number of esters is 1. The van der Waals surface area contributed by atoms with Gasteiger partial charge in [0.2, 0.25) is 15.1 Å². The molecule has 0 aliphatic carbocycles. The Morgan fingerprint density at radius 1 is 1.13 bits per heavy atom. The molecular formula is C18H21FN2O8S2. The Hall–Kier alpha value is -2.32. The average molecular weight is 477 g/mol. The summed E-state index contributed by atoms with van der Waals surface area (Å²) in [5.41, 5.74) is -0.180. The van der Waals surface area contributed by atoms with Gasteiger partial charge in [0.15, 0.2) is 0 Å². The van der Waals surface area contributed by atoms with E-state index in [4.69, 9.17) is 13.9 Å². The van der Waals surface area contributed by atoms with Crippen LogP contribution < -0.4 is 0 Å². The fraction of sp³-hybridized carbons (Fsp3) is 0.389. The Morgan fingerprint density at radius 3 is 2.45 bits per heavy atom. The first kappa shape index (κ1) is 23.3. The van der Waals surface area contributed by atoms with Crippen molar-refractivity contribution in [2.45, 2.75) is 16.6 Å². The van der Waals surface area contributed by atoms with Gasteiger partial charge in [-0.05, 0) is 30.3 Å². The first-order valence-corrected chi connectivity index (χ1v) is 12.0. The Balaban J connectivity index is 1.75. The minimum Gasteiger partial charge on any atom is -0.454 e. The third-order valence-electron chi connectivity index (χ3n) is 4.47.